The largest absolute Gasteiger partial charge is 0.309 e. The molecule has 1 saturated carbocycles. The van der Waals surface area contributed by atoms with E-state index in [1.165, 1.54) is 6.07 Å². The molecule has 1 heterocycles. The molecule has 1 fully saturated rings. The van der Waals surface area contributed by atoms with E-state index in [1.807, 2.05) is 0 Å². The van der Waals surface area contributed by atoms with E-state index in [1.54, 1.807) is 18.2 Å². The van der Waals surface area contributed by atoms with Crippen molar-refractivity contribution in [3.8, 4) is 0 Å². The Morgan fingerprint density at radius 2 is 2.11 bits per heavy atom. The number of H-pyrrole nitrogens is 1. The Kier molecular flexibility index (Phi) is 3.22. The van der Waals surface area contributed by atoms with E-state index in [0.717, 1.165) is 18.5 Å². The highest BCUT2D eigenvalue weighted by Gasteiger charge is 2.28. The van der Waals surface area contributed by atoms with E-state index >= 15 is 0 Å². The van der Waals surface area contributed by atoms with Gasteiger partial charge in [-0.25, -0.2) is 9.37 Å². The van der Waals surface area contributed by atoms with Crippen LogP contribution in [0, 0.1) is 5.82 Å². The summed E-state index contributed by atoms with van der Waals surface area (Å²) in [5.41, 5.74) is 1.15. The fraction of sp³-hybridized carbons (Fsp3) is 0.286. The summed E-state index contributed by atoms with van der Waals surface area (Å²) in [4.78, 5) is 19.0. The molecule has 2 aromatic rings. The average Bonchev–Trinajstić information content (AvgIpc) is 3.20. The maximum atomic E-state index is 13.6. The number of nitrogens with zero attached hydrogens (tertiary/aromatic N) is 1. The van der Waals surface area contributed by atoms with Gasteiger partial charge in [-0.2, -0.15) is 0 Å². The molecule has 1 aliphatic rings. The minimum atomic E-state index is -0.277. The quantitative estimate of drug-likeness (QED) is 0.943. The third-order valence-corrected chi connectivity index (χ3v) is 3.98. The van der Waals surface area contributed by atoms with Crippen molar-refractivity contribution in [3.63, 3.8) is 0 Å². The highest BCUT2D eigenvalue weighted by atomic mass is 79.9. The molecule has 1 aromatic carbocycles. The summed E-state index contributed by atoms with van der Waals surface area (Å²) in [5, 5.41) is 0. The molecule has 0 amide bonds. The normalized spacial score (nSPS) is 14.6. The first kappa shape index (κ1) is 12.5. The van der Waals surface area contributed by atoms with Gasteiger partial charge in [0.05, 0.1) is 5.69 Å². The summed E-state index contributed by atoms with van der Waals surface area (Å²) >= 11 is 3.27. The molecular formula is C14H12BrFN2O. The van der Waals surface area contributed by atoms with Gasteiger partial charge in [0.1, 0.15) is 16.1 Å². The Balaban J connectivity index is 1.97. The lowest BCUT2D eigenvalue weighted by atomic mass is 10.1. The molecule has 5 heteroatoms. The zero-order chi connectivity index (χ0) is 13.4. The lowest BCUT2D eigenvalue weighted by Crippen LogP contribution is -2.15. The molecule has 0 saturated heterocycles. The van der Waals surface area contributed by atoms with Crippen LogP contribution in [0.4, 0.5) is 4.39 Å². The van der Waals surface area contributed by atoms with Crippen LogP contribution in [0.1, 0.15) is 35.8 Å². The summed E-state index contributed by atoms with van der Waals surface area (Å²) in [5.74, 6) is 0.609. The minimum absolute atomic E-state index is 0.191. The number of aromatic nitrogens is 2. The van der Waals surface area contributed by atoms with Crippen molar-refractivity contribution in [1.82, 2.24) is 9.97 Å². The molecule has 0 radical (unpaired) electrons. The molecule has 0 bridgehead atoms. The molecule has 0 aliphatic heterocycles. The van der Waals surface area contributed by atoms with Gasteiger partial charge < -0.3 is 4.98 Å². The zero-order valence-corrected chi connectivity index (χ0v) is 11.7. The van der Waals surface area contributed by atoms with Crippen LogP contribution in [0.3, 0.4) is 0 Å². The van der Waals surface area contributed by atoms with E-state index in [4.69, 9.17) is 0 Å². The van der Waals surface area contributed by atoms with Crippen LogP contribution in [-0.4, -0.2) is 9.97 Å². The first-order valence-corrected chi connectivity index (χ1v) is 6.96. The molecule has 0 unspecified atom stereocenters. The van der Waals surface area contributed by atoms with Crippen molar-refractivity contribution in [1.29, 1.82) is 0 Å². The number of halogens is 2. The summed E-state index contributed by atoms with van der Waals surface area (Å²) in [7, 11) is 0. The van der Waals surface area contributed by atoms with Gasteiger partial charge in [-0.05, 0) is 40.4 Å². The van der Waals surface area contributed by atoms with Crippen LogP contribution < -0.4 is 5.56 Å². The van der Waals surface area contributed by atoms with Crippen molar-refractivity contribution >= 4 is 15.9 Å². The Labute approximate surface area is 118 Å². The SMILES string of the molecule is O=c1[nH]c(Cc2ccccc2F)nc(C2CC2)c1Br. The fourth-order valence-electron chi connectivity index (χ4n) is 2.06. The molecule has 1 aromatic heterocycles. The number of hydrogen-bond acceptors (Lipinski definition) is 2. The van der Waals surface area contributed by atoms with Crippen molar-refractivity contribution < 1.29 is 4.39 Å². The predicted octanol–water partition coefficient (Wildman–Crippen LogP) is 3.14. The maximum absolute atomic E-state index is 13.6. The van der Waals surface area contributed by atoms with Crippen LogP contribution in [0.25, 0.3) is 0 Å². The van der Waals surface area contributed by atoms with E-state index < -0.39 is 0 Å². The number of hydrogen-bond donors (Lipinski definition) is 1. The number of nitrogens with one attached hydrogen (secondary N) is 1. The van der Waals surface area contributed by atoms with Gasteiger partial charge in [0.25, 0.3) is 5.56 Å². The van der Waals surface area contributed by atoms with E-state index in [-0.39, 0.29) is 11.4 Å². The topological polar surface area (TPSA) is 45.8 Å². The van der Waals surface area contributed by atoms with Crippen molar-refractivity contribution in [2.24, 2.45) is 0 Å². The number of rotatable bonds is 3. The minimum Gasteiger partial charge on any atom is -0.309 e. The third kappa shape index (κ3) is 2.61. The highest BCUT2D eigenvalue weighted by molar-refractivity contribution is 9.10. The van der Waals surface area contributed by atoms with Crippen molar-refractivity contribution in [3.05, 3.63) is 62.0 Å². The Morgan fingerprint density at radius 3 is 2.79 bits per heavy atom. The van der Waals surface area contributed by atoms with Crippen LogP contribution in [0.2, 0.25) is 0 Å². The molecule has 19 heavy (non-hydrogen) atoms. The molecule has 98 valence electrons. The van der Waals surface area contributed by atoms with Crippen LogP contribution in [-0.2, 0) is 6.42 Å². The molecule has 3 nitrogen and oxygen atoms in total. The van der Waals surface area contributed by atoms with Crippen molar-refractivity contribution in [2.75, 3.05) is 0 Å². The van der Waals surface area contributed by atoms with Gasteiger partial charge in [0.15, 0.2) is 0 Å². The first-order valence-electron chi connectivity index (χ1n) is 6.17. The lowest BCUT2D eigenvalue weighted by molar-refractivity contribution is 0.611. The highest BCUT2D eigenvalue weighted by Crippen LogP contribution is 2.41. The lowest BCUT2D eigenvalue weighted by Gasteiger charge is -2.06. The third-order valence-electron chi connectivity index (χ3n) is 3.22. The second-order valence-corrected chi connectivity index (χ2v) is 5.55. The second-order valence-electron chi connectivity index (χ2n) is 4.75. The van der Waals surface area contributed by atoms with E-state index in [9.17, 15) is 9.18 Å². The second kappa shape index (κ2) is 4.89. The Morgan fingerprint density at radius 1 is 1.37 bits per heavy atom. The average molecular weight is 323 g/mol. The van der Waals surface area contributed by atoms with E-state index in [0.29, 0.717) is 28.2 Å². The standard InChI is InChI=1S/C14H12BrFN2O/c15-12-13(8-5-6-8)17-11(18-14(12)19)7-9-3-1-2-4-10(9)16/h1-4,8H,5-7H2,(H,17,18,19). The van der Waals surface area contributed by atoms with Gasteiger partial charge in [0.2, 0.25) is 0 Å². The molecule has 1 aliphatic carbocycles. The van der Waals surface area contributed by atoms with Gasteiger partial charge in [0, 0.05) is 12.3 Å². The van der Waals surface area contributed by atoms with Crippen molar-refractivity contribution in [2.45, 2.75) is 25.2 Å². The monoisotopic (exact) mass is 322 g/mol. The van der Waals surface area contributed by atoms with Crippen LogP contribution in [0.15, 0.2) is 33.5 Å². The van der Waals surface area contributed by atoms with Gasteiger partial charge in [-0.3, -0.25) is 4.79 Å². The number of benzene rings is 1. The summed E-state index contributed by atoms with van der Waals surface area (Å²) < 4.78 is 14.1. The zero-order valence-electron chi connectivity index (χ0n) is 10.1. The molecule has 3 rings (SSSR count). The molecule has 0 atom stereocenters. The molecular weight excluding hydrogens is 311 g/mol. The Hall–Kier alpha value is -1.49. The maximum Gasteiger partial charge on any atom is 0.265 e. The van der Waals surface area contributed by atoms with Crippen LogP contribution >= 0.6 is 15.9 Å². The molecule has 0 spiro atoms. The number of aromatic amines is 1. The fourth-order valence-corrected chi connectivity index (χ4v) is 2.57. The summed E-state index contributed by atoms with van der Waals surface area (Å²) in [6, 6.07) is 6.53. The summed E-state index contributed by atoms with van der Waals surface area (Å²) in [6.07, 6.45) is 2.43. The smallest absolute Gasteiger partial charge is 0.265 e. The van der Waals surface area contributed by atoms with Gasteiger partial charge >= 0.3 is 0 Å². The van der Waals surface area contributed by atoms with Gasteiger partial charge in [-0.15, -0.1) is 0 Å². The van der Waals surface area contributed by atoms with Crippen LogP contribution in [0.5, 0.6) is 0 Å². The van der Waals surface area contributed by atoms with Gasteiger partial charge in [-0.1, -0.05) is 18.2 Å². The predicted molar refractivity (Wildman–Crippen MR) is 73.7 cm³/mol. The molecule has 1 N–H and O–H groups in total. The summed E-state index contributed by atoms with van der Waals surface area (Å²) in [6.45, 7) is 0. The van der Waals surface area contributed by atoms with E-state index in [2.05, 4.69) is 25.9 Å². The first-order chi connectivity index (χ1) is 9.15. The Bertz CT molecular complexity index is 679.